The molecule has 2 aliphatic heterocycles. The fourth-order valence-corrected chi connectivity index (χ4v) is 7.62. The Labute approximate surface area is 188 Å². The van der Waals surface area contributed by atoms with Gasteiger partial charge in [-0.1, -0.05) is 27.7 Å². The predicted molar refractivity (Wildman–Crippen MR) is 114 cm³/mol. The highest BCUT2D eigenvalue weighted by molar-refractivity contribution is 5.95. The number of hydrogen-bond donors (Lipinski definition) is 2. The van der Waals surface area contributed by atoms with Gasteiger partial charge in [0.15, 0.2) is 0 Å². The van der Waals surface area contributed by atoms with Gasteiger partial charge >= 0.3 is 11.9 Å². The first kappa shape index (κ1) is 21.6. The van der Waals surface area contributed by atoms with Gasteiger partial charge in [0.2, 0.25) is 0 Å². The summed E-state index contributed by atoms with van der Waals surface area (Å²) in [5.74, 6) is 0.0785. The average molecular weight is 445 g/mol. The van der Waals surface area contributed by atoms with Gasteiger partial charge in [0.25, 0.3) is 0 Å². The summed E-state index contributed by atoms with van der Waals surface area (Å²) in [6.45, 7) is 10.0. The number of ether oxygens (including phenoxy) is 3. The molecule has 0 aromatic heterocycles. The lowest BCUT2D eigenvalue weighted by atomic mass is 9.43. The zero-order valence-electron chi connectivity index (χ0n) is 19.4. The Morgan fingerprint density at radius 3 is 2.62 bits per heavy atom. The number of hydrogen-bond acceptors (Lipinski definition) is 7. The number of rotatable bonds is 1. The SMILES string of the molecule is CC(=O)O[C@@H]1[C@H](O)C[C@@]2(C)[C@@H](CC[C@@H](C)[C@]23Cc2c(O)cc4c(c2O3)COC4=O)C1(C)C. The third kappa shape index (κ3) is 2.57. The van der Waals surface area contributed by atoms with Crippen LogP contribution in [0.2, 0.25) is 0 Å². The Bertz CT molecular complexity index is 1010. The number of aliphatic hydroxyl groups is 1. The Kier molecular flexibility index (Phi) is 4.46. The standard InChI is InChI=1S/C25H32O7/c1-12-6-7-19-23(3,4)21(31-13(2)26)18(28)10-24(19,5)25(12)9-15-17(27)8-14-16(20(15)32-25)11-30-22(14)29/h8,12,18-19,21,27-28H,6-7,9-11H2,1-5H3/t12-,18-,19+,21-,24+,25-/m1/s1. The van der Waals surface area contributed by atoms with E-state index in [-0.39, 0.29) is 30.2 Å². The first-order valence-electron chi connectivity index (χ1n) is 11.5. The van der Waals surface area contributed by atoms with Crippen molar-refractivity contribution in [2.75, 3.05) is 0 Å². The van der Waals surface area contributed by atoms with Gasteiger partial charge in [-0.3, -0.25) is 4.79 Å². The lowest BCUT2D eigenvalue weighted by Crippen LogP contribution is -2.69. The van der Waals surface area contributed by atoms with Gasteiger partial charge in [0, 0.05) is 35.3 Å². The van der Waals surface area contributed by atoms with Crippen molar-refractivity contribution in [3.05, 3.63) is 22.8 Å². The Morgan fingerprint density at radius 1 is 1.22 bits per heavy atom. The van der Waals surface area contributed by atoms with E-state index >= 15 is 0 Å². The summed E-state index contributed by atoms with van der Waals surface area (Å²) in [7, 11) is 0. The van der Waals surface area contributed by atoms with E-state index in [1.165, 1.54) is 13.0 Å². The minimum Gasteiger partial charge on any atom is -0.508 e. The van der Waals surface area contributed by atoms with Crippen LogP contribution in [0.1, 0.15) is 75.4 Å². The normalized spacial score (nSPS) is 39.0. The lowest BCUT2D eigenvalue weighted by Gasteiger charge is -2.65. The van der Waals surface area contributed by atoms with Crippen LogP contribution < -0.4 is 4.74 Å². The Morgan fingerprint density at radius 2 is 1.94 bits per heavy atom. The molecule has 2 fully saturated rings. The van der Waals surface area contributed by atoms with Crippen LogP contribution in [0.4, 0.5) is 0 Å². The molecule has 0 bridgehead atoms. The second kappa shape index (κ2) is 6.62. The van der Waals surface area contributed by atoms with Crippen molar-refractivity contribution in [2.45, 2.75) is 84.7 Å². The molecule has 7 heteroatoms. The molecule has 1 spiro atoms. The third-order valence-electron chi connectivity index (χ3n) is 9.08. The maximum absolute atomic E-state index is 12.1. The van der Waals surface area contributed by atoms with E-state index in [4.69, 9.17) is 14.2 Å². The van der Waals surface area contributed by atoms with Crippen LogP contribution in [-0.2, 0) is 27.3 Å². The highest BCUT2D eigenvalue weighted by atomic mass is 16.6. The number of phenolic OH excluding ortho intramolecular Hbond substituents is 1. The van der Waals surface area contributed by atoms with E-state index < -0.39 is 34.6 Å². The van der Waals surface area contributed by atoms with Crippen molar-refractivity contribution in [2.24, 2.45) is 22.7 Å². The second-order valence-corrected chi connectivity index (χ2v) is 11.0. The van der Waals surface area contributed by atoms with Gasteiger partial charge in [-0.2, -0.15) is 0 Å². The zero-order valence-corrected chi connectivity index (χ0v) is 19.4. The van der Waals surface area contributed by atoms with E-state index in [1.54, 1.807) is 0 Å². The summed E-state index contributed by atoms with van der Waals surface area (Å²) in [5.41, 5.74) is 0.215. The molecule has 2 saturated carbocycles. The van der Waals surface area contributed by atoms with Crippen molar-refractivity contribution in [1.29, 1.82) is 0 Å². The Balaban J connectivity index is 1.62. The number of carbonyl (C=O) groups is 2. The molecule has 2 aliphatic carbocycles. The Hall–Kier alpha value is -2.28. The number of esters is 2. The molecule has 5 rings (SSSR count). The van der Waals surface area contributed by atoms with Gasteiger partial charge in [0.05, 0.1) is 11.7 Å². The lowest BCUT2D eigenvalue weighted by molar-refractivity contribution is -0.246. The van der Waals surface area contributed by atoms with E-state index in [9.17, 15) is 19.8 Å². The molecule has 6 atom stereocenters. The van der Waals surface area contributed by atoms with Crippen LogP contribution in [0, 0.1) is 22.7 Å². The fourth-order valence-electron chi connectivity index (χ4n) is 7.62. The molecule has 0 radical (unpaired) electrons. The van der Waals surface area contributed by atoms with Crippen LogP contribution in [0.3, 0.4) is 0 Å². The fraction of sp³-hybridized carbons (Fsp3) is 0.680. The van der Waals surface area contributed by atoms with Crippen molar-refractivity contribution < 1.29 is 34.0 Å². The van der Waals surface area contributed by atoms with E-state index in [1.807, 2.05) is 0 Å². The highest BCUT2D eigenvalue weighted by Crippen LogP contribution is 2.67. The monoisotopic (exact) mass is 444 g/mol. The van der Waals surface area contributed by atoms with Gasteiger partial charge in [0.1, 0.15) is 29.8 Å². The van der Waals surface area contributed by atoms with Crippen LogP contribution in [-0.4, -0.2) is 40.0 Å². The minimum atomic E-state index is -0.825. The summed E-state index contributed by atoms with van der Waals surface area (Å²) in [6.07, 6.45) is 1.37. The molecule has 32 heavy (non-hydrogen) atoms. The summed E-state index contributed by atoms with van der Waals surface area (Å²) >= 11 is 0. The van der Waals surface area contributed by atoms with Crippen molar-refractivity contribution in [1.82, 2.24) is 0 Å². The molecule has 2 heterocycles. The molecule has 4 aliphatic rings. The number of fused-ring (bicyclic) bond motifs is 5. The number of phenols is 1. The summed E-state index contributed by atoms with van der Waals surface area (Å²) in [6, 6.07) is 1.50. The summed E-state index contributed by atoms with van der Waals surface area (Å²) < 4.78 is 17.7. The smallest absolute Gasteiger partial charge is 0.339 e. The number of cyclic esters (lactones) is 1. The molecule has 0 unspecified atom stereocenters. The minimum absolute atomic E-state index is 0.0563. The quantitative estimate of drug-likeness (QED) is 0.639. The molecule has 1 aromatic carbocycles. The molecule has 2 N–H and O–H groups in total. The molecule has 174 valence electrons. The average Bonchev–Trinajstić information content (AvgIpc) is 3.27. The van der Waals surface area contributed by atoms with Crippen LogP contribution in [0.15, 0.2) is 6.07 Å². The molecule has 0 saturated heterocycles. The van der Waals surface area contributed by atoms with Gasteiger partial charge in [-0.15, -0.1) is 0 Å². The highest BCUT2D eigenvalue weighted by Gasteiger charge is 2.69. The summed E-state index contributed by atoms with van der Waals surface area (Å²) in [4.78, 5) is 23.9. The first-order chi connectivity index (χ1) is 14.9. The zero-order chi connectivity index (χ0) is 23.2. The van der Waals surface area contributed by atoms with Crippen LogP contribution in [0.5, 0.6) is 11.5 Å². The van der Waals surface area contributed by atoms with Crippen molar-refractivity contribution in [3.8, 4) is 11.5 Å². The molecule has 7 nitrogen and oxygen atoms in total. The van der Waals surface area contributed by atoms with Crippen molar-refractivity contribution >= 4 is 11.9 Å². The summed E-state index contributed by atoms with van der Waals surface area (Å²) in [5, 5.41) is 22.0. The maximum atomic E-state index is 12.1. The van der Waals surface area contributed by atoms with Crippen LogP contribution >= 0.6 is 0 Å². The number of benzene rings is 1. The molecular formula is C25H32O7. The predicted octanol–water partition coefficient (Wildman–Crippen LogP) is 3.51. The topological polar surface area (TPSA) is 102 Å². The van der Waals surface area contributed by atoms with Gasteiger partial charge in [-0.05, 0) is 37.2 Å². The number of carbonyl (C=O) groups excluding carboxylic acids is 2. The number of aliphatic hydroxyl groups excluding tert-OH is 1. The first-order valence-corrected chi connectivity index (χ1v) is 11.5. The molecule has 0 amide bonds. The third-order valence-corrected chi connectivity index (χ3v) is 9.08. The molecule has 1 aromatic rings. The number of aromatic hydroxyl groups is 1. The van der Waals surface area contributed by atoms with Crippen LogP contribution in [0.25, 0.3) is 0 Å². The molecular weight excluding hydrogens is 412 g/mol. The maximum Gasteiger partial charge on any atom is 0.339 e. The second-order valence-electron chi connectivity index (χ2n) is 11.0. The van der Waals surface area contributed by atoms with Crippen molar-refractivity contribution in [3.63, 3.8) is 0 Å². The van der Waals surface area contributed by atoms with E-state index in [0.29, 0.717) is 35.3 Å². The van der Waals surface area contributed by atoms with Gasteiger partial charge < -0.3 is 24.4 Å². The van der Waals surface area contributed by atoms with E-state index in [2.05, 4.69) is 27.7 Å². The van der Waals surface area contributed by atoms with Gasteiger partial charge in [-0.25, -0.2) is 4.79 Å². The largest absolute Gasteiger partial charge is 0.508 e. The van der Waals surface area contributed by atoms with E-state index in [0.717, 1.165) is 12.8 Å².